The van der Waals surface area contributed by atoms with Crippen LogP contribution in [0, 0.1) is 0 Å². The van der Waals surface area contributed by atoms with Gasteiger partial charge in [0.1, 0.15) is 0 Å². The lowest BCUT2D eigenvalue weighted by Crippen LogP contribution is -2.32. The molecule has 0 amide bonds. The van der Waals surface area contributed by atoms with E-state index < -0.39 is 0 Å². The third kappa shape index (κ3) is 2.63. The zero-order valence-corrected chi connectivity index (χ0v) is 10.3. The van der Waals surface area contributed by atoms with Crippen molar-refractivity contribution in [2.45, 2.75) is 25.4 Å². The molecular formula is C13H19N3O2. The first-order valence-corrected chi connectivity index (χ1v) is 6.17. The van der Waals surface area contributed by atoms with E-state index >= 15 is 0 Å². The Hall–Kier alpha value is -1.59. The smallest absolute Gasteiger partial charge is 0.170 e. The molecule has 18 heavy (non-hydrogen) atoms. The highest BCUT2D eigenvalue weighted by Gasteiger charge is 2.24. The minimum Gasteiger partial charge on any atom is -0.409 e. The van der Waals surface area contributed by atoms with Gasteiger partial charge in [-0.15, -0.1) is 0 Å². The van der Waals surface area contributed by atoms with E-state index in [-0.39, 0.29) is 18.5 Å². The van der Waals surface area contributed by atoms with E-state index in [4.69, 9.17) is 10.9 Å². The summed E-state index contributed by atoms with van der Waals surface area (Å²) in [5, 5.41) is 21.1. The SMILES string of the molecule is NC(=NO)c1ccccc1CN1CCCC1CO. The monoisotopic (exact) mass is 249 g/mol. The van der Waals surface area contributed by atoms with Crippen LogP contribution in [0.1, 0.15) is 24.0 Å². The molecule has 5 nitrogen and oxygen atoms in total. The number of likely N-dealkylation sites (tertiary alicyclic amines) is 1. The minimum absolute atomic E-state index is 0.130. The van der Waals surface area contributed by atoms with Crippen molar-refractivity contribution in [3.05, 3.63) is 35.4 Å². The summed E-state index contributed by atoms with van der Waals surface area (Å²) in [5.74, 6) is 0.130. The molecule has 0 spiro atoms. The number of amidine groups is 1. The fraction of sp³-hybridized carbons (Fsp3) is 0.462. The standard InChI is InChI=1S/C13H19N3O2/c14-13(15-18)12-6-2-1-4-10(12)8-16-7-3-5-11(16)9-17/h1-2,4,6,11,17-18H,3,5,7-9H2,(H2,14,15). The molecule has 1 aliphatic rings. The van der Waals surface area contributed by atoms with Gasteiger partial charge in [0.15, 0.2) is 5.84 Å². The van der Waals surface area contributed by atoms with Gasteiger partial charge in [-0.2, -0.15) is 0 Å². The second-order valence-electron chi connectivity index (χ2n) is 4.59. The van der Waals surface area contributed by atoms with Crippen LogP contribution in [-0.4, -0.2) is 40.2 Å². The lowest BCUT2D eigenvalue weighted by atomic mass is 10.1. The zero-order valence-electron chi connectivity index (χ0n) is 10.3. The van der Waals surface area contributed by atoms with Crippen LogP contribution in [0.5, 0.6) is 0 Å². The van der Waals surface area contributed by atoms with Gasteiger partial charge in [-0.3, -0.25) is 4.90 Å². The first-order chi connectivity index (χ1) is 8.76. The van der Waals surface area contributed by atoms with E-state index in [1.165, 1.54) is 0 Å². The predicted molar refractivity (Wildman–Crippen MR) is 69.5 cm³/mol. The van der Waals surface area contributed by atoms with Gasteiger partial charge in [-0.25, -0.2) is 0 Å². The van der Waals surface area contributed by atoms with E-state index in [0.29, 0.717) is 0 Å². The maximum Gasteiger partial charge on any atom is 0.170 e. The van der Waals surface area contributed by atoms with Crippen LogP contribution < -0.4 is 5.73 Å². The van der Waals surface area contributed by atoms with E-state index in [1.54, 1.807) is 0 Å². The highest BCUT2D eigenvalue weighted by atomic mass is 16.4. The van der Waals surface area contributed by atoms with Gasteiger partial charge >= 0.3 is 0 Å². The quantitative estimate of drug-likeness (QED) is 0.318. The average Bonchev–Trinajstić information content (AvgIpc) is 2.86. The summed E-state index contributed by atoms with van der Waals surface area (Å²) in [6.45, 7) is 1.89. The van der Waals surface area contributed by atoms with Gasteiger partial charge in [-0.05, 0) is 24.9 Å². The van der Waals surface area contributed by atoms with E-state index in [9.17, 15) is 5.11 Å². The summed E-state index contributed by atoms with van der Waals surface area (Å²) in [6, 6.07) is 7.84. The third-order valence-corrected chi connectivity index (χ3v) is 3.48. The Morgan fingerprint density at radius 2 is 2.22 bits per heavy atom. The van der Waals surface area contributed by atoms with Crippen LogP contribution >= 0.6 is 0 Å². The van der Waals surface area contributed by atoms with Gasteiger partial charge in [0.25, 0.3) is 0 Å². The fourth-order valence-corrected chi connectivity index (χ4v) is 2.49. The molecule has 2 rings (SSSR count). The number of oxime groups is 1. The Labute approximate surface area is 107 Å². The maximum atomic E-state index is 9.31. The van der Waals surface area contributed by atoms with Crippen molar-refractivity contribution in [1.82, 2.24) is 4.90 Å². The van der Waals surface area contributed by atoms with Gasteiger partial charge in [0.05, 0.1) is 6.61 Å². The number of aliphatic hydroxyl groups excluding tert-OH is 1. The molecule has 0 aliphatic carbocycles. The maximum absolute atomic E-state index is 9.31. The molecule has 1 atom stereocenters. The number of nitrogens with two attached hydrogens (primary N) is 1. The summed E-state index contributed by atoms with van der Waals surface area (Å²) in [6.07, 6.45) is 2.14. The highest BCUT2D eigenvalue weighted by molar-refractivity contribution is 5.98. The van der Waals surface area contributed by atoms with Crippen LogP contribution in [-0.2, 0) is 6.54 Å². The number of hydrogen-bond acceptors (Lipinski definition) is 4. The van der Waals surface area contributed by atoms with Gasteiger partial charge in [-0.1, -0.05) is 29.4 Å². The molecular weight excluding hydrogens is 230 g/mol. The number of benzene rings is 1. The molecule has 1 fully saturated rings. The fourth-order valence-electron chi connectivity index (χ4n) is 2.49. The summed E-state index contributed by atoms with van der Waals surface area (Å²) in [7, 11) is 0. The summed E-state index contributed by atoms with van der Waals surface area (Å²) >= 11 is 0. The largest absolute Gasteiger partial charge is 0.409 e. The summed E-state index contributed by atoms with van der Waals surface area (Å²) in [5.41, 5.74) is 7.44. The summed E-state index contributed by atoms with van der Waals surface area (Å²) in [4.78, 5) is 2.24. The Kier molecular flexibility index (Phi) is 4.17. The lowest BCUT2D eigenvalue weighted by molar-refractivity contribution is 0.153. The molecule has 5 heteroatoms. The molecule has 0 aromatic heterocycles. The molecule has 0 saturated carbocycles. The van der Waals surface area contributed by atoms with Crippen LogP contribution in [0.2, 0.25) is 0 Å². The molecule has 98 valence electrons. The van der Waals surface area contributed by atoms with Crippen LogP contribution in [0.15, 0.2) is 29.4 Å². The van der Waals surface area contributed by atoms with Crippen molar-refractivity contribution in [2.75, 3.05) is 13.2 Å². The second kappa shape index (κ2) is 5.84. The van der Waals surface area contributed by atoms with Crippen molar-refractivity contribution >= 4 is 5.84 Å². The number of aliphatic hydroxyl groups is 1. The number of hydrogen-bond donors (Lipinski definition) is 3. The van der Waals surface area contributed by atoms with E-state index in [1.807, 2.05) is 24.3 Å². The second-order valence-corrected chi connectivity index (χ2v) is 4.59. The molecule has 1 saturated heterocycles. The van der Waals surface area contributed by atoms with Crippen molar-refractivity contribution in [2.24, 2.45) is 10.9 Å². The first kappa shape index (κ1) is 12.9. The Bertz CT molecular complexity index is 434. The van der Waals surface area contributed by atoms with Crippen LogP contribution in [0.25, 0.3) is 0 Å². The Morgan fingerprint density at radius 1 is 1.44 bits per heavy atom. The minimum atomic E-state index is 0.130. The lowest BCUT2D eigenvalue weighted by Gasteiger charge is -2.23. The molecule has 1 aromatic rings. The normalized spacial score (nSPS) is 21.4. The van der Waals surface area contributed by atoms with Crippen molar-refractivity contribution < 1.29 is 10.3 Å². The first-order valence-electron chi connectivity index (χ1n) is 6.17. The van der Waals surface area contributed by atoms with Gasteiger partial charge in [0.2, 0.25) is 0 Å². The molecule has 0 radical (unpaired) electrons. The predicted octanol–water partition coefficient (Wildman–Crippen LogP) is 0.738. The van der Waals surface area contributed by atoms with Crippen molar-refractivity contribution in [1.29, 1.82) is 0 Å². The molecule has 1 heterocycles. The van der Waals surface area contributed by atoms with Gasteiger partial charge < -0.3 is 16.0 Å². The third-order valence-electron chi connectivity index (χ3n) is 3.48. The van der Waals surface area contributed by atoms with Crippen LogP contribution in [0.4, 0.5) is 0 Å². The molecule has 4 N–H and O–H groups in total. The molecule has 1 aromatic carbocycles. The number of rotatable bonds is 4. The van der Waals surface area contributed by atoms with E-state index in [2.05, 4.69) is 10.1 Å². The zero-order chi connectivity index (χ0) is 13.0. The van der Waals surface area contributed by atoms with E-state index in [0.717, 1.165) is 37.1 Å². The topological polar surface area (TPSA) is 82.1 Å². The van der Waals surface area contributed by atoms with Crippen molar-refractivity contribution in [3.8, 4) is 0 Å². The average molecular weight is 249 g/mol. The van der Waals surface area contributed by atoms with Crippen molar-refractivity contribution in [3.63, 3.8) is 0 Å². The molecule has 1 unspecified atom stereocenters. The molecule has 1 aliphatic heterocycles. The Balaban J connectivity index is 2.18. The number of nitrogens with zero attached hydrogens (tertiary/aromatic N) is 2. The van der Waals surface area contributed by atoms with Crippen LogP contribution in [0.3, 0.4) is 0 Å². The summed E-state index contributed by atoms with van der Waals surface area (Å²) < 4.78 is 0. The highest BCUT2D eigenvalue weighted by Crippen LogP contribution is 2.21. The Morgan fingerprint density at radius 3 is 2.94 bits per heavy atom. The molecule has 0 bridgehead atoms. The van der Waals surface area contributed by atoms with Gasteiger partial charge in [0, 0.05) is 18.2 Å².